The zero-order chi connectivity index (χ0) is 21.5. The summed E-state index contributed by atoms with van der Waals surface area (Å²) in [5.74, 6) is -0.350. The van der Waals surface area contributed by atoms with Crippen molar-refractivity contribution < 1.29 is 14.5 Å². The number of nitro benzene ring substituents is 1. The number of esters is 1. The van der Waals surface area contributed by atoms with E-state index in [0.29, 0.717) is 12.3 Å². The Morgan fingerprint density at radius 3 is 2.50 bits per heavy atom. The summed E-state index contributed by atoms with van der Waals surface area (Å²) in [4.78, 5) is 27.9. The molecule has 2 aromatic rings. The fraction of sp³-hybridized carbons (Fsp3) is 0.409. The SMILES string of the molecule is CCOC(=O)CC(Nc1cc(N2CCN(C)CC2)ccc1[N+](=O)[O-])c1ccccc1. The molecule has 1 aliphatic rings. The summed E-state index contributed by atoms with van der Waals surface area (Å²) in [5.41, 5.74) is 2.18. The predicted molar refractivity (Wildman–Crippen MR) is 117 cm³/mol. The van der Waals surface area contributed by atoms with Gasteiger partial charge in [-0.1, -0.05) is 30.3 Å². The lowest BCUT2D eigenvalue weighted by Crippen LogP contribution is -2.44. The predicted octanol–water partition coefficient (Wildman–Crippen LogP) is 3.45. The van der Waals surface area contributed by atoms with Crippen LogP contribution < -0.4 is 10.2 Å². The number of carbonyl (C=O) groups excluding carboxylic acids is 1. The number of carbonyl (C=O) groups is 1. The van der Waals surface area contributed by atoms with Gasteiger partial charge in [0.25, 0.3) is 5.69 Å². The number of hydrogen-bond acceptors (Lipinski definition) is 7. The summed E-state index contributed by atoms with van der Waals surface area (Å²) < 4.78 is 5.11. The molecule has 1 atom stereocenters. The van der Waals surface area contributed by atoms with Crippen molar-refractivity contribution >= 4 is 23.0 Å². The lowest BCUT2D eigenvalue weighted by molar-refractivity contribution is -0.384. The first-order valence-electron chi connectivity index (χ1n) is 10.2. The summed E-state index contributed by atoms with van der Waals surface area (Å²) in [7, 11) is 2.08. The quantitative estimate of drug-likeness (QED) is 0.404. The molecule has 1 unspecified atom stereocenters. The Kier molecular flexibility index (Phi) is 7.24. The van der Waals surface area contributed by atoms with Crippen LogP contribution in [0, 0.1) is 10.1 Å². The monoisotopic (exact) mass is 412 g/mol. The van der Waals surface area contributed by atoms with E-state index in [-0.39, 0.29) is 18.1 Å². The molecule has 8 heteroatoms. The minimum absolute atomic E-state index is 0.0160. The molecule has 0 spiro atoms. The van der Waals surface area contributed by atoms with Crippen LogP contribution >= 0.6 is 0 Å². The van der Waals surface area contributed by atoms with E-state index in [2.05, 4.69) is 22.2 Å². The largest absolute Gasteiger partial charge is 0.466 e. The maximum Gasteiger partial charge on any atom is 0.308 e. The van der Waals surface area contributed by atoms with Crippen molar-refractivity contribution in [2.75, 3.05) is 50.1 Å². The molecule has 160 valence electrons. The van der Waals surface area contributed by atoms with Crippen molar-refractivity contribution in [2.45, 2.75) is 19.4 Å². The molecule has 0 bridgehead atoms. The second-order valence-corrected chi connectivity index (χ2v) is 7.37. The van der Waals surface area contributed by atoms with Crippen LogP contribution in [0.15, 0.2) is 48.5 Å². The highest BCUT2D eigenvalue weighted by Crippen LogP contribution is 2.34. The maximum atomic E-state index is 12.2. The zero-order valence-electron chi connectivity index (χ0n) is 17.4. The maximum absolute atomic E-state index is 12.2. The van der Waals surface area contributed by atoms with E-state index in [1.54, 1.807) is 13.0 Å². The van der Waals surface area contributed by atoms with Gasteiger partial charge in [-0.15, -0.1) is 0 Å². The van der Waals surface area contributed by atoms with Crippen LogP contribution in [0.5, 0.6) is 0 Å². The fourth-order valence-corrected chi connectivity index (χ4v) is 3.57. The van der Waals surface area contributed by atoms with Gasteiger partial charge in [0.2, 0.25) is 0 Å². The third-order valence-corrected chi connectivity index (χ3v) is 5.25. The molecule has 2 aromatic carbocycles. The van der Waals surface area contributed by atoms with Gasteiger partial charge in [-0.05, 0) is 31.7 Å². The molecule has 1 heterocycles. The number of hydrogen-bond donors (Lipinski definition) is 1. The summed E-state index contributed by atoms with van der Waals surface area (Å²) in [6, 6.07) is 14.1. The fourth-order valence-electron chi connectivity index (χ4n) is 3.57. The Balaban J connectivity index is 1.90. The van der Waals surface area contributed by atoms with E-state index >= 15 is 0 Å². The minimum atomic E-state index is -0.438. The molecule has 0 aromatic heterocycles. The Labute approximate surface area is 176 Å². The lowest BCUT2D eigenvalue weighted by atomic mass is 10.0. The second-order valence-electron chi connectivity index (χ2n) is 7.37. The normalized spacial score (nSPS) is 15.5. The van der Waals surface area contributed by atoms with Crippen LogP contribution in [0.3, 0.4) is 0 Å². The summed E-state index contributed by atoms with van der Waals surface area (Å²) >= 11 is 0. The smallest absolute Gasteiger partial charge is 0.308 e. The third kappa shape index (κ3) is 5.48. The van der Waals surface area contributed by atoms with E-state index in [0.717, 1.165) is 37.4 Å². The van der Waals surface area contributed by atoms with Gasteiger partial charge in [-0.25, -0.2) is 0 Å². The first kappa shape index (κ1) is 21.6. The highest BCUT2D eigenvalue weighted by atomic mass is 16.6. The average molecular weight is 412 g/mol. The molecule has 1 fully saturated rings. The number of ether oxygens (including phenoxy) is 1. The first-order valence-corrected chi connectivity index (χ1v) is 10.2. The van der Waals surface area contributed by atoms with Crippen molar-refractivity contribution in [3.05, 3.63) is 64.2 Å². The summed E-state index contributed by atoms with van der Waals surface area (Å²) in [6.07, 6.45) is 0.0771. The third-order valence-electron chi connectivity index (χ3n) is 5.25. The number of likely N-dealkylation sites (N-methyl/N-ethyl adjacent to an activating group) is 1. The molecular weight excluding hydrogens is 384 g/mol. The zero-order valence-corrected chi connectivity index (χ0v) is 17.4. The Morgan fingerprint density at radius 2 is 1.87 bits per heavy atom. The van der Waals surface area contributed by atoms with Crippen molar-refractivity contribution in [1.82, 2.24) is 4.90 Å². The van der Waals surface area contributed by atoms with Crippen molar-refractivity contribution in [2.24, 2.45) is 0 Å². The van der Waals surface area contributed by atoms with Gasteiger partial charge in [0, 0.05) is 37.9 Å². The Hall–Kier alpha value is -3.13. The number of benzene rings is 2. The summed E-state index contributed by atoms with van der Waals surface area (Å²) in [6.45, 7) is 5.65. The van der Waals surface area contributed by atoms with Crippen LogP contribution in [-0.2, 0) is 9.53 Å². The molecule has 1 N–H and O–H groups in total. The standard InChI is InChI=1S/C22H28N4O4/c1-3-30-22(27)16-19(17-7-5-4-6-8-17)23-20-15-18(9-10-21(20)26(28)29)25-13-11-24(2)12-14-25/h4-10,15,19,23H,3,11-14,16H2,1-2H3. The van der Waals surface area contributed by atoms with Crippen LogP contribution in [-0.4, -0.2) is 55.6 Å². The van der Waals surface area contributed by atoms with E-state index in [9.17, 15) is 14.9 Å². The highest BCUT2D eigenvalue weighted by molar-refractivity contribution is 5.73. The molecule has 30 heavy (non-hydrogen) atoms. The second kappa shape index (κ2) is 10.1. The van der Waals surface area contributed by atoms with Gasteiger partial charge in [0.1, 0.15) is 5.69 Å². The number of nitro groups is 1. The van der Waals surface area contributed by atoms with E-state index < -0.39 is 11.0 Å². The molecule has 0 aliphatic carbocycles. The molecule has 0 saturated carbocycles. The summed E-state index contributed by atoms with van der Waals surface area (Å²) in [5, 5.41) is 14.9. The number of piperazine rings is 1. The highest BCUT2D eigenvalue weighted by Gasteiger charge is 2.23. The number of nitrogens with one attached hydrogen (secondary N) is 1. The molecular formula is C22H28N4O4. The number of anilines is 2. The van der Waals surface area contributed by atoms with E-state index in [1.165, 1.54) is 6.07 Å². The average Bonchev–Trinajstić information content (AvgIpc) is 2.74. The Bertz CT molecular complexity index is 867. The van der Waals surface area contributed by atoms with Gasteiger partial charge in [0.05, 0.1) is 24.0 Å². The van der Waals surface area contributed by atoms with Gasteiger partial charge in [-0.3, -0.25) is 14.9 Å². The van der Waals surface area contributed by atoms with Crippen LogP contribution in [0.2, 0.25) is 0 Å². The van der Waals surface area contributed by atoms with Crippen LogP contribution in [0.1, 0.15) is 24.9 Å². The molecule has 3 rings (SSSR count). The molecule has 1 saturated heterocycles. The van der Waals surface area contributed by atoms with Gasteiger partial charge >= 0.3 is 5.97 Å². The van der Waals surface area contributed by atoms with Crippen molar-refractivity contribution in [3.8, 4) is 0 Å². The van der Waals surface area contributed by atoms with E-state index in [1.807, 2.05) is 36.4 Å². The van der Waals surface area contributed by atoms with Gasteiger partial charge in [0.15, 0.2) is 0 Å². The van der Waals surface area contributed by atoms with Crippen molar-refractivity contribution in [3.63, 3.8) is 0 Å². The molecule has 1 aliphatic heterocycles. The number of nitrogens with zero attached hydrogens (tertiary/aromatic N) is 3. The number of rotatable bonds is 8. The molecule has 0 amide bonds. The van der Waals surface area contributed by atoms with Crippen LogP contribution in [0.4, 0.5) is 17.1 Å². The minimum Gasteiger partial charge on any atom is -0.466 e. The van der Waals surface area contributed by atoms with Gasteiger partial charge < -0.3 is 19.9 Å². The lowest BCUT2D eigenvalue weighted by Gasteiger charge is -2.34. The van der Waals surface area contributed by atoms with Crippen LogP contribution in [0.25, 0.3) is 0 Å². The van der Waals surface area contributed by atoms with E-state index in [4.69, 9.17) is 4.74 Å². The topological polar surface area (TPSA) is 88.0 Å². The first-order chi connectivity index (χ1) is 14.5. The molecule has 0 radical (unpaired) electrons. The van der Waals surface area contributed by atoms with Crippen molar-refractivity contribution in [1.29, 1.82) is 0 Å². The Morgan fingerprint density at radius 1 is 1.17 bits per heavy atom. The van der Waals surface area contributed by atoms with Gasteiger partial charge in [-0.2, -0.15) is 0 Å². The molecule has 8 nitrogen and oxygen atoms in total.